The highest BCUT2D eigenvalue weighted by molar-refractivity contribution is 8.00. The van der Waals surface area contributed by atoms with E-state index in [0.29, 0.717) is 23.2 Å². The summed E-state index contributed by atoms with van der Waals surface area (Å²) in [6.07, 6.45) is 2.37. The minimum absolute atomic E-state index is 0.123. The van der Waals surface area contributed by atoms with Crippen molar-refractivity contribution in [2.24, 2.45) is 0 Å². The Labute approximate surface area is 130 Å². The molecular formula is C16H11N3O2S. The molecule has 0 saturated carbocycles. The van der Waals surface area contributed by atoms with Crippen LogP contribution in [0.1, 0.15) is 15.9 Å². The summed E-state index contributed by atoms with van der Waals surface area (Å²) in [5, 5.41) is 8.19. The number of Topliss-reactive ketones (excluding diaryl/α,β-unsaturated/α-hetero) is 1. The first-order chi connectivity index (χ1) is 10.8. The third-order valence-corrected chi connectivity index (χ3v) is 4.55. The summed E-state index contributed by atoms with van der Waals surface area (Å²) < 4.78 is 5.60. The number of carbonyl (C=O) groups is 1. The predicted octanol–water partition coefficient (Wildman–Crippen LogP) is 3.03. The molecule has 6 heteroatoms. The zero-order valence-corrected chi connectivity index (χ0v) is 12.3. The summed E-state index contributed by atoms with van der Waals surface area (Å²) in [6.45, 7) is 0. The maximum atomic E-state index is 12.4. The largest absolute Gasteiger partial charge is 0.410 e. The van der Waals surface area contributed by atoms with Crippen LogP contribution in [0.2, 0.25) is 0 Å². The SMILES string of the molecule is O=C1c2ccccc2C[C@H]1Sc1nnc(-c2ccccn2)o1. The number of fused-ring (bicyclic) bond motifs is 1. The maximum absolute atomic E-state index is 12.4. The van der Waals surface area contributed by atoms with E-state index >= 15 is 0 Å². The number of thioether (sulfide) groups is 1. The molecule has 22 heavy (non-hydrogen) atoms. The van der Waals surface area contributed by atoms with Crippen molar-refractivity contribution < 1.29 is 9.21 Å². The Bertz CT molecular complexity index is 832. The van der Waals surface area contributed by atoms with Crippen molar-refractivity contribution in [3.63, 3.8) is 0 Å². The van der Waals surface area contributed by atoms with Gasteiger partial charge in [0.15, 0.2) is 5.78 Å². The van der Waals surface area contributed by atoms with Crippen molar-refractivity contribution in [1.29, 1.82) is 0 Å². The Hall–Kier alpha value is -2.47. The number of ketones is 1. The Kier molecular flexibility index (Phi) is 3.23. The van der Waals surface area contributed by atoms with Crippen LogP contribution >= 0.6 is 11.8 Å². The van der Waals surface area contributed by atoms with E-state index in [9.17, 15) is 4.79 Å². The van der Waals surface area contributed by atoms with Gasteiger partial charge >= 0.3 is 0 Å². The lowest BCUT2D eigenvalue weighted by atomic mass is 10.1. The summed E-state index contributed by atoms with van der Waals surface area (Å²) in [5.41, 5.74) is 2.50. The molecule has 3 aromatic rings. The maximum Gasteiger partial charge on any atom is 0.277 e. The van der Waals surface area contributed by atoms with Crippen molar-refractivity contribution in [3.05, 3.63) is 59.8 Å². The monoisotopic (exact) mass is 309 g/mol. The fraction of sp³-hybridized carbons (Fsp3) is 0.125. The van der Waals surface area contributed by atoms with Gasteiger partial charge in [-0.3, -0.25) is 9.78 Å². The molecule has 0 fully saturated rings. The molecule has 0 unspecified atom stereocenters. The van der Waals surface area contributed by atoms with E-state index in [1.807, 2.05) is 36.4 Å². The number of carbonyl (C=O) groups excluding carboxylic acids is 1. The van der Waals surface area contributed by atoms with Gasteiger partial charge in [-0.15, -0.1) is 10.2 Å². The van der Waals surface area contributed by atoms with Gasteiger partial charge in [-0.2, -0.15) is 0 Å². The minimum atomic E-state index is -0.200. The van der Waals surface area contributed by atoms with Gasteiger partial charge in [-0.1, -0.05) is 42.1 Å². The highest BCUT2D eigenvalue weighted by atomic mass is 32.2. The molecule has 108 valence electrons. The number of hydrogen-bond donors (Lipinski definition) is 0. The topological polar surface area (TPSA) is 68.9 Å². The molecule has 0 aliphatic heterocycles. The van der Waals surface area contributed by atoms with E-state index < -0.39 is 0 Å². The number of pyridine rings is 1. The smallest absolute Gasteiger partial charge is 0.277 e. The quantitative estimate of drug-likeness (QED) is 0.740. The first-order valence-corrected chi connectivity index (χ1v) is 7.73. The van der Waals surface area contributed by atoms with Crippen molar-refractivity contribution in [2.75, 3.05) is 0 Å². The molecule has 0 radical (unpaired) electrons. The van der Waals surface area contributed by atoms with Gasteiger partial charge in [0.25, 0.3) is 11.1 Å². The fourth-order valence-corrected chi connectivity index (χ4v) is 3.43. The number of hydrogen-bond acceptors (Lipinski definition) is 6. The van der Waals surface area contributed by atoms with Gasteiger partial charge in [-0.05, 0) is 24.1 Å². The van der Waals surface area contributed by atoms with E-state index in [1.54, 1.807) is 12.3 Å². The molecule has 0 saturated heterocycles. The lowest BCUT2D eigenvalue weighted by Crippen LogP contribution is -2.10. The molecule has 2 aromatic heterocycles. The zero-order chi connectivity index (χ0) is 14.9. The van der Waals surface area contributed by atoms with E-state index in [0.717, 1.165) is 11.1 Å². The van der Waals surface area contributed by atoms with Crippen LogP contribution in [0.15, 0.2) is 58.3 Å². The molecule has 0 N–H and O–H groups in total. The highest BCUT2D eigenvalue weighted by Gasteiger charge is 2.32. The van der Waals surface area contributed by atoms with Gasteiger partial charge in [0, 0.05) is 11.8 Å². The highest BCUT2D eigenvalue weighted by Crippen LogP contribution is 2.34. The van der Waals surface area contributed by atoms with E-state index in [4.69, 9.17) is 4.42 Å². The molecule has 2 heterocycles. The lowest BCUT2D eigenvalue weighted by Gasteiger charge is -2.02. The van der Waals surface area contributed by atoms with Gasteiger partial charge in [0.2, 0.25) is 0 Å². The second kappa shape index (κ2) is 5.38. The van der Waals surface area contributed by atoms with Crippen LogP contribution in [0, 0.1) is 0 Å². The van der Waals surface area contributed by atoms with Gasteiger partial charge < -0.3 is 4.42 Å². The molecule has 5 nitrogen and oxygen atoms in total. The van der Waals surface area contributed by atoms with Gasteiger partial charge in [0.1, 0.15) is 5.69 Å². The fourth-order valence-electron chi connectivity index (χ4n) is 2.47. The molecule has 0 spiro atoms. The summed E-state index contributed by atoms with van der Waals surface area (Å²) >= 11 is 1.31. The number of rotatable bonds is 3. The normalized spacial score (nSPS) is 16.7. The molecule has 4 rings (SSSR count). The summed E-state index contributed by atoms with van der Waals surface area (Å²) in [6, 6.07) is 13.2. The number of benzene rings is 1. The van der Waals surface area contributed by atoms with Crippen molar-refractivity contribution in [2.45, 2.75) is 16.9 Å². The summed E-state index contributed by atoms with van der Waals surface area (Å²) in [4.78, 5) is 16.5. The average Bonchev–Trinajstić information content (AvgIpc) is 3.15. The van der Waals surface area contributed by atoms with Crippen LogP contribution in [0.3, 0.4) is 0 Å². The first kappa shape index (κ1) is 13.2. The van der Waals surface area contributed by atoms with Crippen LogP contribution in [-0.4, -0.2) is 26.2 Å². The third kappa shape index (κ3) is 2.31. The molecule has 0 amide bonds. The van der Waals surface area contributed by atoms with Crippen LogP contribution in [-0.2, 0) is 6.42 Å². The average molecular weight is 309 g/mol. The number of nitrogens with zero attached hydrogens (tertiary/aromatic N) is 3. The lowest BCUT2D eigenvalue weighted by molar-refractivity contribution is 0.1000. The van der Waals surface area contributed by atoms with E-state index in [-0.39, 0.29) is 11.0 Å². The minimum Gasteiger partial charge on any atom is -0.410 e. The third-order valence-electron chi connectivity index (χ3n) is 3.51. The van der Waals surface area contributed by atoms with Crippen LogP contribution in [0.4, 0.5) is 0 Å². The Morgan fingerprint density at radius 2 is 1.95 bits per heavy atom. The molecule has 1 aromatic carbocycles. The molecule has 1 aliphatic rings. The van der Waals surface area contributed by atoms with Gasteiger partial charge in [-0.25, -0.2) is 0 Å². The van der Waals surface area contributed by atoms with Crippen LogP contribution in [0.25, 0.3) is 11.6 Å². The number of aromatic nitrogens is 3. The van der Waals surface area contributed by atoms with E-state index in [2.05, 4.69) is 15.2 Å². The summed E-state index contributed by atoms with van der Waals surface area (Å²) in [5.74, 6) is 0.490. The predicted molar refractivity (Wildman–Crippen MR) is 81.7 cm³/mol. The molecule has 1 aliphatic carbocycles. The first-order valence-electron chi connectivity index (χ1n) is 6.85. The Morgan fingerprint density at radius 1 is 1.09 bits per heavy atom. The summed E-state index contributed by atoms with van der Waals surface area (Å²) in [7, 11) is 0. The second-order valence-corrected chi connectivity index (χ2v) is 6.07. The van der Waals surface area contributed by atoms with Gasteiger partial charge in [0.05, 0.1) is 5.25 Å². The van der Waals surface area contributed by atoms with E-state index in [1.165, 1.54) is 11.8 Å². The van der Waals surface area contributed by atoms with Crippen molar-refractivity contribution >= 4 is 17.5 Å². The molecular weight excluding hydrogens is 298 g/mol. The Morgan fingerprint density at radius 3 is 2.77 bits per heavy atom. The Balaban J connectivity index is 1.54. The molecule has 0 bridgehead atoms. The zero-order valence-electron chi connectivity index (χ0n) is 11.5. The van der Waals surface area contributed by atoms with Crippen molar-refractivity contribution in [3.8, 4) is 11.6 Å². The standard InChI is InChI=1S/C16H11N3O2S/c20-14-11-6-2-1-5-10(11)9-13(14)22-16-19-18-15(21-16)12-7-3-4-8-17-12/h1-8,13H,9H2/t13-/m1/s1. The van der Waals surface area contributed by atoms with Crippen LogP contribution < -0.4 is 0 Å². The second-order valence-electron chi connectivity index (χ2n) is 4.92. The molecule has 1 atom stereocenters. The van der Waals surface area contributed by atoms with Crippen LogP contribution in [0.5, 0.6) is 0 Å². The van der Waals surface area contributed by atoms with Crippen molar-refractivity contribution in [1.82, 2.24) is 15.2 Å².